The van der Waals surface area contributed by atoms with Crippen LogP contribution in [0.15, 0.2) is 40.2 Å². The number of hydrogen-bond acceptors (Lipinski definition) is 5. The molecule has 0 aliphatic rings. The van der Waals surface area contributed by atoms with Crippen molar-refractivity contribution >= 4 is 22.8 Å². The Bertz CT molecular complexity index is 1110. The standard InChI is InChI=1S/C17H19N5O4/c1-10(15(23)19-11-6-5-7-12(8-11)26-4)22-9-18-14-13(22)16(24)21(3)17(25)20(14)2/h5-10H,1-4H3,(H,19,23). The average Bonchev–Trinajstić information content (AvgIpc) is 3.09. The SMILES string of the molecule is COc1cccc(NC(=O)C(C)n2cnc3c2c(=O)n(C)c(=O)n3C)c1. The Morgan fingerprint density at radius 3 is 2.65 bits per heavy atom. The van der Waals surface area contributed by atoms with Crippen molar-refractivity contribution in [2.24, 2.45) is 14.1 Å². The summed E-state index contributed by atoms with van der Waals surface area (Å²) in [7, 11) is 4.46. The van der Waals surface area contributed by atoms with Crippen LogP contribution in [0, 0.1) is 0 Å². The number of benzene rings is 1. The van der Waals surface area contributed by atoms with Crippen molar-refractivity contribution in [1.82, 2.24) is 18.7 Å². The second-order valence-electron chi connectivity index (χ2n) is 5.93. The van der Waals surface area contributed by atoms with Crippen molar-refractivity contribution in [2.45, 2.75) is 13.0 Å². The Balaban J connectivity index is 2.00. The first kappa shape index (κ1) is 17.5. The monoisotopic (exact) mass is 357 g/mol. The van der Waals surface area contributed by atoms with Crippen LogP contribution in [0.2, 0.25) is 0 Å². The van der Waals surface area contributed by atoms with Gasteiger partial charge in [0.15, 0.2) is 11.2 Å². The number of imidazole rings is 1. The highest BCUT2D eigenvalue weighted by atomic mass is 16.5. The Morgan fingerprint density at radius 2 is 1.96 bits per heavy atom. The molecule has 136 valence electrons. The molecular weight excluding hydrogens is 338 g/mol. The molecule has 1 unspecified atom stereocenters. The van der Waals surface area contributed by atoms with E-state index >= 15 is 0 Å². The first-order valence-corrected chi connectivity index (χ1v) is 7.92. The lowest BCUT2D eigenvalue weighted by Gasteiger charge is -2.15. The third kappa shape index (κ3) is 2.77. The Morgan fingerprint density at radius 1 is 1.23 bits per heavy atom. The maximum Gasteiger partial charge on any atom is 0.332 e. The first-order chi connectivity index (χ1) is 12.3. The van der Waals surface area contributed by atoms with Crippen molar-refractivity contribution in [3.8, 4) is 5.75 Å². The van der Waals surface area contributed by atoms with Crippen LogP contribution in [-0.2, 0) is 18.9 Å². The summed E-state index contributed by atoms with van der Waals surface area (Å²) in [6.07, 6.45) is 1.39. The van der Waals surface area contributed by atoms with Gasteiger partial charge in [0, 0.05) is 25.8 Å². The van der Waals surface area contributed by atoms with Crippen molar-refractivity contribution in [3.63, 3.8) is 0 Å². The molecule has 3 aromatic rings. The molecule has 1 atom stereocenters. The number of amides is 1. The van der Waals surface area contributed by atoms with Gasteiger partial charge in [-0.3, -0.25) is 18.7 Å². The van der Waals surface area contributed by atoms with E-state index in [1.165, 1.54) is 29.6 Å². The Labute approximate surface area is 148 Å². The van der Waals surface area contributed by atoms with E-state index in [4.69, 9.17) is 4.74 Å². The molecule has 0 spiro atoms. The van der Waals surface area contributed by atoms with Gasteiger partial charge in [0.25, 0.3) is 5.56 Å². The van der Waals surface area contributed by atoms with E-state index in [0.29, 0.717) is 11.4 Å². The van der Waals surface area contributed by atoms with Crippen LogP contribution >= 0.6 is 0 Å². The average molecular weight is 357 g/mol. The summed E-state index contributed by atoms with van der Waals surface area (Å²) in [6.45, 7) is 1.65. The predicted molar refractivity (Wildman–Crippen MR) is 96.5 cm³/mol. The van der Waals surface area contributed by atoms with E-state index in [1.54, 1.807) is 38.3 Å². The number of fused-ring (bicyclic) bond motifs is 1. The van der Waals surface area contributed by atoms with Gasteiger partial charge in [0.05, 0.1) is 13.4 Å². The number of anilines is 1. The van der Waals surface area contributed by atoms with Gasteiger partial charge in [-0.1, -0.05) is 6.07 Å². The number of methoxy groups -OCH3 is 1. The molecule has 0 radical (unpaired) electrons. The van der Waals surface area contributed by atoms with E-state index in [2.05, 4.69) is 10.3 Å². The van der Waals surface area contributed by atoms with E-state index in [1.807, 2.05) is 0 Å². The Hall–Kier alpha value is -3.36. The van der Waals surface area contributed by atoms with Crippen LogP contribution in [0.3, 0.4) is 0 Å². The predicted octanol–water partition coefficient (Wildman–Crippen LogP) is 0.642. The molecule has 0 saturated heterocycles. The lowest BCUT2D eigenvalue weighted by Crippen LogP contribution is -2.38. The summed E-state index contributed by atoms with van der Waals surface area (Å²) < 4.78 is 8.87. The van der Waals surface area contributed by atoms with Gasteiger partial charge in [0.2, 0.25) is 5.91 Å². The van der Waals surface area contributed by atoms with Gasteiger partial charge in [-0.25, -0.2) is 9.78 Å². The van der Waals surface area contributed by atoms with Gasteiger partial charge >= 0.3 is 5.69 Å². The maximum atomic E-state index is 12.6. The highest BCUT2D eigenvalue weighted by Crippen LogP contribution is 2.19. The van der Waals surface area contributed by atoms with Crippen LogP contribution < -0.4 is 21.3 Å². The molecule has 2 heterocycles. The summed E-state index contributed by atoms with van der Waals surface area (Å²) in [6, 6.07) is 6.25. The smallest absolute Gasteiger partial charge is 0.332 e. The largest absolute Gasteiger partial charge is 0.497 e. The van der Waals surface area contributed by atoms with E-state index in [0.717, 1.165) is 4.57 Å². The van der Waals surface area contributed by atoms with Crippen LogP contribution in [0.4, 0.5) is 5.69 Å². The van der Waals surface area contributed by atoms with Crippen molar-refractivity contribution < 1.29 is 9.53 Å². The minimum Gasteiger partial charge on any atom is -0.497 e. The Kier molecular flexibility index (Phi) is 4.37. The minimum atomic E-state index is -0.712. The van der Waals surface area contributed by atoms with Crippen LogP contribution in [0.5, 0.6) is 5.75 Å². The molecule has 9 heteroatoms. The topological polar surface area (TPSA) is 100 Å². The fourth-order valence-corrected chi connectivity index (χ4v) is 2.73. The fourth-order valence-electron chi connectivity index (χ4n) is 2.73. The molecule has 1 N–H and O–H groups in total. The molecule has 0 saturated carbocycles. The number of ether oxygens (including phenoxy) is 1. The maximum absolute atomic E-state index is 12.6. The number of aromatic nitrogens is 4. The number of rotatable bonds is 4. The van der Waals surface area contributed by atoms with Gasteiger partial charge in [-0.05, 0) is 19.1 Å². The molecule has 2 aromatic heterocycles. The van der Waals surface area contributed by atoms with Crippen LogP contribution in [0.1, 0.15) is 13.0 Å². The van der Waals surface area contributed by atoms with E-state index in [9.17, 15) is 14.4 Å². The normalized spacial score (nSPS) is 12.2. The van der Waals surface area contributed by atoms with Gasteiger partial charge in [-0.2, -0.15) is 0 Å². The molecule has 3 rings (SSSR count). The molecule has 0 bridgehead atoms. The molecule has 0 fully saturated rings. The number of nitrogens with one attached hydrogen (secondary N) is 1. The number of nitrogens with zero attached hydrogens (tertiary/aromatic N) is 4. The summed E-state index contributed by atoms with van der Waals surface area (Å²) in [5, 5.41) is 2.78. The molecule has 9 nitrogen and oxygen atoms in total. The van der Waals surface area contributed by atoms with Crippen LogP contribution in [-0.4, -0.2) is 31.7 Å². The molecular formula is C17H19N5O4. The molecule has 26 heavy (non-hydrogen) atoms. The highest BCUT2D eigenvalue weighted by molar-refractivity contribution is 5.94. The molecule has 0 aliphatic heterocycles. The number of carbonyl (C=O) groups excluding carboxylic acids is 1. The lowest BCUT2D eigenvalue weighted by molar-refractivity contribution is -0.118. The summed E-state index contributed by atoms with van der Waals surface area (Å²) >= 11 is 0. The summed E-state index contributed by atoms with van der Waals surface area (Å²) in [5.41, 5.74) is 0.0378. The molecule has 0 aliphatic carbocycles. The third-order valence-corrected chi connectivity index (χ3v) is 4.31. The van der Waals surface area contributed by atoms with E-state index < -0.39 is 17.3 Å². The van der Waals surface area contributed by atoms with E-state index in [-0.39, 0.29) is 17.1 Å². The molecule has 1 amide bonds. The molecule has 1 aromatic carbocycles. The quantitative estimate of drug-likeness (QED) is 0.739. The first-order valence-electron chi connectivity index (χ1n) is 7.92. The number of carbonyl (C=O) groups is 1. The number of aryl methyl sites for hydroxylation is 1. The van der Waals surface area contributed by atoms with Crippen molar-refractivity contribution in [2.75, 3.05) is 12.4 Å². The lowest BCUT2D eigenvalue weighted by atomic mass is 10.2. The second kappa shape index (κ2) is 6.51. The van der Waals surface area contributed by atoms with Crippen molar-refractivity contribution in [1.29, 1.82) is 0 Å². The fraction of sp³-hybridized carbons (Fsp3) is 0.294. The minimum absolute atomic E-state index is 0.197. The zero-order valence-electron chi connectivity index (χ0n) is 14.9. The summed E-state index contributed by atoms with van der Waals surface area (Å²) in [5.74, 6) is 0.292. The van der Waals surface area contributed by atoms with Gasteiger partial charge in [-0.15, -0.1) is 0 Å². The third-order valence-electron chi connectivity index (χ3n) is 4.31. The highest BCUT2D eigenvalue weighted by Gasteiger charge is 2.22. The van der Waals surface area contributed by atoms with Gasteiger partial charge in [0.1, 0.15) is 11.8 Å². The zero-order valence-corrected chi connectivity index (χ0v) is 14.9. The summed E-state index contributed by atoms with van der Waals surface area (Å²) in [4.78, 5) is 41.3. The van der Waals surface area contributed by atoms with Crippen molar-refractivity contribution in [3.05, 3.63) is 51.4 Å². The second-order valence-corrected chi connectivity index (χ2v) is 5.93. The van der Waals surface area contributed by atoms with Crippen LogP contribution in [0.25, 0.3) is 11.2 Å². The number of hydrogen-bond donors (Lipinski definition) is 1. The van der Waals surface area contributed by atoms with Gasteiger partial charge < -0.3 is 14.6 Å². The zero-order chi connectivity index (χ0) is 19.0.